The van der Waals surface area contributed by atoms with Crippen molar-refractivity contribution in [3.8, 4) is 0 Å². The van der Waals surface area contributed by atoms with Crippen LogP contribution >= 0.6 is 0 Å². The largest absolute Gasteiger partial charge is 0.377 e. The molecule has 0 aliphatic heterocycles. The molecule has 0 aromatic heterocycles. The number of hydrogen-bond donors (Lipinski definition) is 1. The lowest BCUT2D eigenvalue weighted by molar-refractivity contribution is -0.102. The second-order valence-corrected chi connectivity index (χ2v) is 5.70. The summed E-state index contributed by atoms with van der Waals surface area (Å²) in [7, 11) is 4.00. The monoisotopic (exact) mass is 225 g/mol. The van der Waals surface area contributed by atoms with E-state index in [1.807, 2.05) is 7.11 Å². The molecule has 0 aromatic rings. The Labute approximate surface area is 100 Å². The Morgan fingerprint density at radius 1 is 1.19 bits per heavy atom. The fraction of sp³-hybridized carbons (Fsp3) is 1.00. The predicted molar refractivity (Wildman–Crippen MR) is 67.6 cm³/mol. The summed E-state index contributed by atoms with van der Waals surface area (Å²) in [4.78, 5) is 0. The van der Waals surface area contributed by atoms with E-state index >= 15 is 0 Å². The van der Waals surface area contributed by atoms with Crippen LogP contribution in [-0.4, -0.2) is 25.8 Å². The van der Waals surface area contributed by atoms with Gasteiger partial charge in [-0.3, -0.25) is 0 Å². The lowest BCUT2D eigenvalue weighted by Crippen LogP contribution is -2.56. The van der Waals surface area contributed by atoms with E-state index in [-0.39, 0.29) is 5.60 Å². The first-order valence-electron chi connectivity index (χ1n) is 7.03. The van der Waals surface area contributed by atoms with Crippen LogP contribution in [0.2, 0.25) is 0 Å². The highest BCUT2D eigenvalue weighted by molar-refractivity contribution is 5.00. The molecule has 2 aliphatic carbocycles. The molecule has 1 atom stereocenters. The lowest BCUT2D eigenvalue weighted by atomic mass is 9.70. The van der Waals surface area contributed by atoms with E-state index in [9.17, 15) is 0 Å². The maximum Gasteiger partial charge on any atom is 0.0831 e. The Morgan fingerprint density at radius 3 is 2.31 bits per heavy atom. The van der Waals surface area contributed by atoms with Gasteiger partial charge in [0.15, 0.2) is 0 Å². The molecule has 2 nitrogen and oxygen atoms in total. The van der Waals surface area contributed by atoms with E-state index in [4.69, 9.17) is 4.74 Å². The second kappa shape index (κ2) is 5.50. The zero-order valence-corrected chi connectivity index (χ0v) is 10.9. The molecular weight excluding hydrogens is 198 g/mol. The fourth-order valence-electron chi connectivity index (χ4n) is 3.57. The third kappa shape index (κ3) is 2.43. The van der Waals surface area contributed by atoms with E-state index in [2.05, 4.69) is 12.4 Å². The van der Waals surface area contributed by atoms with Crippen LogP contribution in [0.1, 0.15) is 57.8 Å². The zero-order valence-electron chi connectivity index (χ0n) is 10.9. The van der Waals surface area contributed by atoms with Crippen molar-refractivity contribution in [2.45, 2.75) is 69.4 Å². The van der Waals surface area contributed by atoms with Crippen LogP contribution in [0, 0.1) is 5.92 Å². The molecule has 2 fully saturated rings. The molecule has 0 radical (unpaired) electrons. The van der Waals surface area contributed by atoms with Gasteiger partial charge in [0.05, 0.1) is 5.60 Å². The van der Waals surface area contributed by atoms with Gasteiger partial charge < -0.3 is 10.1 Å². The summed E-state index contributed by atoms with van der Waals surface area (Å²) in [5.41, 5.74) is 0.173. The van der Waals surface area contributed by atoms with E-state index in [1.165, 1.54) is 57.8 Å². The smallest absolute Gasteiger partial charge is 0.0831 e. The highest BCUT2D eigenvalue weighted by Crippen LogP contribution is 2.41. The highest BCUT2D eigenvalue weighted by Gasteiger charge is 2.44. The summed E-state index contributed by atoms with van der Waals surface area (Å²) >= 11 is 0. The van der Waals surface area contributed by atoms with Crippen LogP contribution in [0.15, 0.2) is 0 Å². The average Bonchev–Trinajstić information content (AvgIpc) is 2.28. The molecule has 1 N–H and O–H groups in total. The number of ether oxygens (including phenoxy) is 1. The van der Waals surface area contributed by atoms with E-state index in [1.54, 1.807) is 0 Å². The van der Waals surface area contributed by atoms with Crippen molar-refractivity contribution in [2.24, 2.45) is 5.92 Å². The van der Waals surface area contributed by atoms with Gasteiger partial charge >= 0.3 is 0 Å². The second-order valence-electron chi connectivity index (χ2n) is 5.70. The number of likely N-dealkylation sites (N-methyl/N-ethyl adjacent to an activating group) is 1. The summed E-state index contributed by atoms with van der Waals surface area (Å²) in [6.45, 7) is 0. The van der Waals surface area contributed by atoms with Crippen molar-refractivity contribution in [1.29, 1.82) is 0 Å². The highest BCUT2D eigenvalue weighted by atomic mass is 16.5. The minimum Gasteiger partial charge on any atom is -0.377 e. The minimum atomic E-state index is 0.173. The first kappa shape index (κ1) is 12.4. The van der Waals surface area contributed by atoms with Crippen molar-refractivity contribution in [3.05, 3.63) is 0 Å². The lowest BCUT2D eigenvalue weighted by Gasteiger charge is -2.47. The summed E-state index contributed by atoms with van der Waals surface area (Å²) in [5.74, 6) is 0.943. The molecular formula is C14H27NO. The maximum absolute atomic E-state index is 5.81. The third-order valence-corrected chi connectivity index (χ3v) is 4.88. The van der Waals surface area contributed by atoms with Gasteiger partial charge in [-0.15, -0.1) is 0 Å². The van der Waals surface area contributed by atoms with Gasteiger partial charge in [-0.2, -0.15) is 0 Å². The van der Waals surface area contributed by atoms with Crippen LogP contribution in [0.5, 0.6) is 0 Å². The number of methoxy groups -OCH3 is 1. The number of nitrogens with one attached hydrogen (secondary N) is 1. The molecule has 16 heavy (non-hydrogen) atoms. The van der Waals surface area contributed by atoms with E-state index in [0.717, 1.165) is 5.92 Å². The molecule has 0 spiro atoms. The van der Waals surface area contributed by atoms with Crippen LogP contribution in [0.25, 0.3) is 0 Å². The molecule has 0 aromatic carbocycles. The first-order chi connectivity index (χ1) is 7.80. The third-order valence-electron chi connectivity index (χ3n) is 4.88. The summed E-state index contributed by atoms with van der Waals surface area (Å²) in [6.07, 6.45) is 12.4. The Balaban J connectivity index is 1.88. The Morgan fingerprint density at radius 2 is 1.88 bits per heavy atom. The van der Waals surface area contributed by atoms with Gasteiger partial charge in [0.25, 0.3) is 0 Å². The van der Waals surface area contributed by atoms with Gasteiger partial charge in [-0.25, -0.2) is 0 Å². The summed E-state index contributed by atoms with van der Waals surface area (Å²) in [5, 5.41) is 3.52. The average molecular weight is 225 g/mol. The van der Waals surface area contributed by atoms with Crippen molar-refractivity contribution in [3.63, 3.8) is 0 Å². The molecule has 0 saturated heterocycles. The first-order valence-corrected chi connectivity index (χ1v) is 7.03. The number of rotatable bonds is 5. The van der Waals surface area contributed by atoms with Crippen molar-refractivity contribution in [1.82, 2.24) is 5.32 Å². The molecule has 0 amide bonds. The Kier molecular flexibility index (Phi) is 4.26. The van der Waals surface area contributed by atoms with Crippen LogP contribution in [-0.2, 0) is 4.74 Å². The van der Waals surface area contributed by atoms with Gasteiger partial charge in [0.1, 0.15) is 0 Å². The Bertz CT molecular complexity index is 201. The predicted octanol–water partition coefficient (Wildman–Crippen LogP) is 3.11. The van der Waals surface area contributed by atoms with Gasteiger partial charge in [-0.05, 0) is 38.6 Å². The molecule has 2 aliphatic rings. The maximum atomic E-state index is 5.81. The summed E-state index contributed by atoms with van der Waals surface area (Å²) < 4.78 is 5.81. The standard InChI is InChI=1S/C14H27NO/c1-15-13(14(16-2)9-6-10-14)11-12-7-4-3-5-8-12/h12-13,15H,3-11H2,1-2H3. The van der Waals surface area contributed by atoms with Gasteiger partial charge in [0.2, 0.25) is 0 Å². The van der Waals surface area contributed by atoms with Crippen molar-refractivity contribution < 1.29 is 4.74 Å². The van der Waals surface area contributed by atoms with Gasteiger partial charge in [0, 0.05) is 13.2 Å². The normalized spacial score (nSPS) is 27.4. The molecule has 0 bridgehead atoms. The van der Waals surface area contributed by atoms with Crippen LogP contribution in [0.4, 0.5) is 0 Å². The molecule has 0 heterocycles. The van der Waals surface area contributed by atoms with Crippen molar-refractivity contribution in [2.75, 3.05) is 14.2 Å². The zero-order chi connectivity index (χ0) is 11.4. The van der Waals surface area contributed by atoms with E-state index < -0.39 is 0 Å². The summed E-state index contributed by atoms with van der Waals surface area (Å²) in [6, 6.07) is 0.578. The van der Waals surface area contributed by atoms with Crippen LogP contribution in [0.3, 0.4) is 0 Å². The van der Waals surface area contributed by atoms with Crippen molar-refractivity contribution >= 4 is 0 Å². The fourth-order valence-corrected chi connectivity index (χ4v) is 3.57. The Hall–Kier alpha value is -0.0800. The SMILES string of the molecule is CNC(CC1CCCCC1)C1(OC)CCC1. The van der Waals surface area contributed by atoms with Crippen LogP contribution < -0.4 is 5.32 Å². The number of hydrogen-bond acceptors (Lipinski definition) is 2. The van der Waals surface area contributed by atoms with Gasteiger partial charge in [-0.1, -0.05) is 32.1 Å². The quantitative estimate of drug-likeness (QED) is 0.776. The molecule has 94 valence electrons. The molecule has 2 heteroatoms. The molecule has 2 rings (SSSR count). The topological polar surface area (TPSA) is 21.3 Å². The molecule has 1 unspecified atom stereocenters. The van der Waals surface area contributed by atoms with E-state index in [0.29, 0.717) is 6.04 Å². The molecule has 2 saturated carbocycles. The minimum absolute atomic E-state index is 0.173.